The molecule has 2 aliphatic rings. The van der Waals surface area contributed by atoms with Crippen molar-refractivity contribution >= 4 is 28.1 Å². The van der Waals surface area contributed by atoms with Crippen molar-refractivity contribution in [3.8, 4) is 0 Å². The van der Waals surface area contributed by atoms with Crippen molar-refractivity contribution in [2.24, 2.45) is 5.92 Å². The van der Waals surface area contributed by atoms with Crippen molar-refractivity contribution in [2.75, 3.05) is 42.9 Å². The number of carbonyl (C=O) groups excluding carboxylic acids is 1. The Bertz CT molecular complexity index is 1250. The molecule has 1 saturated carbocycles. The fraction of sp³-hybridized carbons (Fsp3) is 0.385. The Kier molecular flexibility index (Phi) is 6.32. The summed E-state index contributed by atoms with van der Waals surface area (Å²) < 4.78 is 27.2. The molecular weight excluding hydrogens is 438 g/mol. The van der Waals surface area contributed by atoms with Gasteiger partial charge in [0.15, 0.2) is 0 Å². The number of anilines is 2. The molecule has 3 aromatic rings. The van der Waals surface area contributed by atoms with Gasteiger partial charge in [0, 0.05) is 48.9 Å². The number of hydrogen-bond donors (Lipinski definition) is 2. The second kappa shape index (κ2) is 9.54. The largest absolute Gasteiger partial charge is 0.369 e. The van der Waals surface area contributed by atoms with Crippen LogP contribution in [0.2, 0.25) is 0 Å². The zero-order valence-electron chi connectivity index (χ0n) is 18.9. The molecular formula is C26H28F2N4O2. The van der Waals surface area contributed by atoms with E-state index in [2.05, 4.69) is 20.1 Å². The number of pyridine rings is 1. The summed E-state index contributed by atoms with van der Waals surface area (Å²) in [5.41, 5.74) is 1.82. The number of amides is 1. The average molecular weight is 467 g/mol. The van der Waals surface area contributed by atoms with Crippen LogP contribution in [-0.2, 0) is 11.2 Å². The lowest BCUT2D eigenvalue weighted by molar-refractivity contribution is -0.117. The maximum Gasteiger partial charge on any atom is 0.256 e. The van der Waals surface area contributed by atoms with E-state index >= 15 is 0 Å². The van der Waals surface area contributed by atoms with Crippen LogP contribution in [0.15, 0.2) is 47.3 Å². The van der Waals surface area contributed by atoms with Gasteiger partial charge < -0.3 is 15.2 Å². The Morgan fingerprint density at radius 1 is 0.971 bits per heavy atom. The lowest BCUT2D eigenvalue weighted by atomic mass is 10.1. The van der Waals surface area contributed by atoms with E-state index in [0.717, 1.165) is 63.4 Å². The highest BCUT2D eigenvalue weighted by Gasteiger charge is 2.30. The van der Waals surface area contributed by atoms with Gasteiger partial charge in [0.05, 0.1) is 11.1 Å². The van der Waals surface area contributed by atoms with Crippen LogP contribution in [-0.4, -0.2) is 48.5 Å². The van der Waals surface area contributed by atoms with Gasteiger partial charge in [0.1, 0.15) is 11.6 Å². The van der Waals surface area contributed by atoms with Crippen molar-refractivity contribution < 1.29 is 13.6 Å². The number of aromatic nitrogens is 1. The first-order valence-corrected chi connectivity index (χ1v) is 11.9. The number of H-pyrrole nitrogens is 1. The zero-order valence-corrected chi connectivity index (χ0v) is 18.9. The third-order valence-electron chi connectivity index (χ3n) is 6.67. The first-order valence-electron chi connectivity index (χ1n) is 11.9. The predicted octanol–water partition coefficient (Wildman–Crippen LogP) is 3.91. The first kappa shape index (κ1) is 22.5. The van der Waals surface area contributed by atoms with Gasteiger partial charge in [-0.05, 0) is 74.7 Å². The highest BCUT2D eigenvalue weighted by Crippen LogP contribution is 2.32. The molecule has 1 aliphatic carbocycles. The van der Waals surface area contributed by atoms with Crippen LogP contribution in [0.25, 0.3) is 10.8 Å². The topological polar surface area (TPSA) is 68.4 Å². The third kappa shape index (κ3) is 5.12. The summed E-state index contributed by atoms with van der Waals surface area (Å²) in [5, 5.41) is 3.62. The molecule has 8 heteroatoms. The van der Waals surface area contributed by atoms with Crippen molar-refractivity contribution in [3.63, 3.8) is 0 Å². The van der Waals surface area contributed by atoms with Crippen LogP contribution in [0, 0.1) is 17.6 Å². The van der Waals surface area contributed by atoms with Crippen LogP contribution in [0.1, 0.15) is 25.0 Å². The standard InChI is InChI=1S/C26H28F2N4O2/c27-18-5-7-21(8-6-18)32-12-10-31(11-13-32)9-1-2-20-16-22-23(26(34)29-20)14-19(28)15-24(22)30-25(33)17-3-4-17/h5-8,14-17H,1-4,9-13H2,(H,29,34)(H,30,33). The normalized spacial score (nSPS) is 16.7. The molecule has 0 unspecified atom stereocenters. The number of rotatable bonds is 7. The number of carbonyl (C=O) groups is 1. The van der Waals surface area contributed by atoms with E-state index in [1.54, 1.807) is 0 Å². The lowest BCUT2D eigenvalue weighted by Crippen LogP contribution is -2.46. The van der Waals surface area contributed by atoms with E-state index in [0.29, 0.717) is 17.5 Å². The summed E-state index contributed by atoms with van der Waals surface area (Å²) in [6, 6.07) is 11.0. The number of hydrogen-bond acceptors (Lipinski definition) is 4. The number of nitrogens with zero attached hydrogens (tertiary/aromatic N) is 2. The molecule has 0 spiro atoms. The monoisotopic (exact) mass is 466 g/mol. The van der Waals surface area contributed by atoms with Crippen LogP contribution in [0.3, 0.4) is 0 Å². The molecule has 34 heavy (non-hydrogen) atoms. The molecule has 178 valence electrons. The maximum atomic E-state index is 14.1. The van der Waals surface area contributed by atoms with Crippen molar-refractivity contribution in [3.05, 3.63) is 70.1 Å². The minimum absolute atomic E-state index is 0.0108. The Morgan fingerprint density at radius 3 is 2.41 bits per heavy atom. The number of aryl methyl sites for hydroxylation is 1. The van der Waals surface area contributed by atoms with Crippen LogP contribution >= 0.6 is 0 Å². The van der Waals surface area contributed by atoms with E-state index in [1.807, 2.05) is 18.2 Å². The van der Waals surface area contributed by atoms with Gasteiger partial charge in [-0.25, -0.2) is 8.78 Å². The molecule has 6 nitrogen and oxygen atoms in total. The summed E-state index contributed by atoms with van der Waals surface area (Å²) in [5.74, 6) is -0.898. The highest BCUT2D eigenvalue weighted by atomic mass is 19.1. The summed E-state index contributed by atoms with van der Waals surface area (Å²) >= 11 is 0. The number of benzene rings is 2. The van der Waals surface area contributed by atoms with Crippen LogP contribution < -0.4 is 15.8 Å². The number of piperazine rings is 1. The van der Waals surface area contributed by atoms with Crippen LogP contribution in [0.4, 0.5) is 20.2 Å². The second-order valence-electron chi connectivity index (χ2n) is 9.21. The van der Waals surface area contributed by atoms with Gasteiger partial charge >= 0.3 is 0 Å². The minimum Gasteiger partial charge on any atom is -0.369 e. The molecule has 0 radical (unpaired) electrons. The lowest BCUT2D eigenvalue weighted by Gasteiger charge is -2.36. The van der Waals surface area contributed by atoms with E-state index in [-0.39, 0.29) is 28.6 Å². The zero-order chi connectivity index (χ0) is 23.7. The minimum atomic E-state index is -0.545. The van der Waals surface area contributed by atoms with Gasteiger partial charge in [-0.15, -0.1) is 0 Å². The highest BCUT2D eigenvalue weighted by molar-refractivity contribution is 6.03. The molecule has 2 heterocycles. The second-order valence-corrected chi connectivity index (χ2v) is 9.21. The molecule has 1 aromatic heterocycles. The average Bonchev–Trinajstić information content (AvgIpc) is 3.67. The van der Waals surface area contributed by atoms with E-state index in [1.165, 1.54) is 24.3 Å². The Hall–Kier alpha value is -3.26. The number of nitrogens with one attached hydrogen (secondary N) is 2. The SMILES string of the molecule is O=C(Nc1cc(F)cc2c(=O)[nH]c(CCCN3CCN(c4ccc(F)cc4)CC3)cc12)C1CC1. The summed E-state index contributed by atoms with van der Waals surface area (Å²) in [6.07, 6.45) is 3.24. The van der Waals surface area contributed by atoms with Gasteiger partial charge in [0.25, 0.3) is 5.56 Å². The van der Waals surface area contributed by atoms with E-state index < -0.39 is 5.82 Å². The van der Waals surface area contributed by atoms with Crippen molar-refractivity contribution in [2.45, 2.75) is 25.7 Å². The number of halogens is 2. The number of fused-ring (bicyclic) bond motifs is 1. The van der Waals surface area contributed by atoms with Gasteiger partial charge in [0.2, 0.25) is 5.91 Å². The quantitative estimate of drug-likeness (QED) is 0.554. The van der Waals surface area contributed by atoms with Crippen molar-refractivity contribution in [1.82, 2.24) is 9.88 Å². The Morgan fingerprint density at radius 2 is 1.71 bits per heavy atom. The van der Waals surface area contributed by atoms with Crippen LogP contribution in [0.5, 0.6) is 0 Å². The molecule has 1 saturated heterocycles. The maximum absolute atomic E-state index is 14.1. The Balaban J connectivity index is 1.20. The number of aromatic amines is 1. The molecule has 2 aromatic carbocycles. The summed E-state index contributed by atoms with van der Waals surface area (Å²) in [7, 11) is 0. The summed E-state index contributed by atoms with van der Waals surface area (Å²) in [4.78, 5) is 32.4. The molecule has 0 bridgehead atoms. The third-order valence-corrected chi connectivity index (χ3v) is 6.67. The molecule has 1 amide bonds. The fourth-order valence-corrected chi connectivity index (χ4v) is 4.58. The smallest absolute Gasteiger partial charge is 0.256 e. The molecule has 5 rings (SSSR count). The van der Waals surface area contributed by atoms with Gasteiger partial charge in [-0.1, -0.05) is 0 Å². The summed E-state index contributed by atoms with van der Waals surface area (Å²) in [6.45, 7) is 4.50. The predicted molar refractivity (Wildman–Crippen MR) is 129 cm³/mol. The van der Waals surface area contributed by atoms with Gasteiger partial charge in [-0.3, -0.25) is 14.5 Å². The Labute approximate surface area is 196 Å². The van der Waals surface area contributed by atoms with Gasteiger partial charge in [-0.2, -0.15) is 0 Å². The van der Waals surface area contributed by atoms with E-state index in [9.17, 15) is 18.4 Å². The van der Waals surface area contributed by atoms with E-state index in [4.69, 9.17) is 0 Å². The molecule has 2 N–H and O–H groups in total. The molecule has 2 fully saturated rings. The molecule has 1 aliphatic heterocycles. The first-order chi connectivity index (χ1) is 16.5. The molecule has 0 atom stereocenters. The fourth-order valence-electron chi connectivity index (χ4n) is 4.58. The van der Waals surface area contributed by atoms with Crippen molar-refractivity contribution in [1.29, 1.82) is 0 Å².